The molecule has 0 aliphatic carbocycles. The van der Waals surface area contributed by atoms with Crippen LogP contribution in [0.2, 0.25) is 0 Å². The number of rotatable bonds is 8. The highest BCUT2D eigenvalue weighted by molar-refractivity contribution is 6.02. The molecule has 3 rings (SSSR count). The second kappa shape index (κ2) is 10.3. The van der Waals surface area contributed by atoms with Gasteiger partial charge in [-0.25, -0.2) is 13.2 Å². The highest BCUT2D eigenvalue weighted by Gasteiger charge is 2.28. The lowest BCUT2D eigenvalue weighted by atomic mass is 10.1. The molecule has 0 atom stereocenters. The molecule has 0 radical (unpaired) electrons. The Hall–Kier alpha value is -3.69. The van der Waals surface area contributed by atoms with Crippen LogP contribution < -0.4 is 5.32 Å². The SMILES string of the molecule is CCCN(CC(=O)Nc1ccc(F)c(F)c1F)C(=O)c1ccc(CN2C(=O)CCC2=O)cc1. The van der Waals surface area contributed by atoms with E-state index in [1.54, 1.807) is 19.1 Å². The van der Waals surface area contributed by atoms with Crippen LogP contribution >= 0.6 is 0 Å². The smallest absolute Gasteiger partial charge is 0.254 e. The van der Waals surface area contributed by atoms with Crippen molar-refractivity contribution in [1.29, 1.82) is 0 Å². The number of hydrogen-bond donors (Lipinski definition) is 1. The van der Waals surface area contributed by atoms with Gasteiger partial charge in [0.15, 0.2) is 17.5 Å². The zero-order valence-corrected chi connectivity index (χ0v) is 17.9. The zero-order chi connectivity index (χ0) is 24.1. The first kappa shape index (κ1) is 24.0. The van der Waals surface area contributed by atoms with E-state index in [0.717, 1.165) is 6.07 Å². The maximum Gasteiger partial charge on any atom is 0.254 e. The van der Waals surface area contributed by atoms with E-state index in [2.05, 4.69) is 5.32 Å². The van der Waals surface area contributed by atoms with Gasteiger partial charge in [-0.2, -0.15) is 0 Å². The van der Waals surface area contributed by atoms with Gasteiger partial charge < -0.3 is 10.2 Å². The number of likely N-dealkylation sites (tertiary alicyclic amines) is 1. The number of carbonyl (C=O) groups is 4. The van der Waals surface area contributed by atoms with E-state index in [-0.39, 0.29) is 43.3 Å². The number of nitrogens with zero attached hydrogens (tertiary/aromatic N) is 2. The minimum atomic E-state index is -1.70. The Bertz CT molecular complexity index is 1070. The van der Waals surface area contributed by atoms with Crippen LogP contribution in [-0.2, 0) is 20.9 Å². The van der Waals surface area contributed by atoms with Gasteiger partial charge in [-0.1, -0.05) is 19.1 Å². The number of amides is 4. The summed E-state index contributed by atoms with van der Waals surface area (Å²) in [5.74, 6) is -6.32. The fourth-order valence-corrected chi connectivity index (χ4v) is 3.42. The molecule has 1 fully saturated rings. The van der Waals surface area contributed by atoms with E-state index in [1.165, 1.54) is 21.9 Å². The van der Waals surface area contributed by atoms with Crippen molar-refractivity contribution in [3.05, 3.63) is 65.0 Å². The first-order valence-corrected chi connectivity index (χ1v) is 10.4. The number of nitrogens with one attached hydrogen (secondary N) is 1. The van der Waals surface area contributed by atoms with Crippen LogP contribution in [0.5, 0.6) is 0 Å². The van der Waals surface area contributed by atoms with Gasteiger partial charge in [0.05, 0.1) is 12.2 Å². The Kier molecular flexibility index (Phi) is 7.47. The molecule has 1 saturated heterocycles. The van der Waals surface area contributed by atoms with Crippen molar-refractivity contribution in [2.75, 3.05) is 18.4 Å². The summed E-state index contributed by atoms with van der Waals surface area (Å²) in [7, 11) is 0. The molecule has 1 aliphatic rings. The quantitative estimate of drug-likeness (QED) is 0.483. The Labute approximate surface area is 188 Å². The molecule has 1 aliphatic heterocycles. The topological polar surface area (TPSA) is 86.8 Å². The van der Waals surface area contributed by atoms with Crippen LogP contribution in [0.4, 0.5) is 18.9 Å². The highest BCUT2D eigenvalue weighted by atomic mass is 19.2. The molecule has 7 nitrogen and oxygen atoms in total. The fourth-order valence-electron chi connectivity index (χ4n) is 3.42. The molecule has 4 amide bonds. The molecule has 33 heavy (non-hydrogen) atoms. The third kappa shape index (κ3) is 5.57. The minimum Gasteiger partial charge on any atom is -0.329 e. The normalized spacial score (nSPS) is 13.4. The standard InChI is InChI=1S/C23H22F3N3O4/c1-2-11-28(13-18(30)27-17-8-7-16(24)21(25)22(17)26)23(33)15-5-3-14(4-6-15)12-29-19(31)9-10-20(29)32/h3-8H,2,9-13H2,1H3,(H,27,30). The number of benzene rings is 2. The van der Waals surface area contributed by atoms with Gasteiger partial charge in [-0.15, -0.1) is 0 Å². The third-order valence-corrected chi connectivity index (χ3v) is 5.12. The number of carbonyl (C=O) groups excluding carboxylic acids is 4. The summed E-state index contributed by atoms with van der Waals surface area (Å²) >= 11 is 0. The summed E-state index contributed by atoms with van der Waals surface area (Å²) in [4.78, 5) is 51.2. The van der Waals surface area contributed by atoms with Crippen molar-refractivity contribution >= 4 is 29.3 Å². The molecule has 0 spiro atoms. The average Bonchev–Trinajstić information content (AvgIpc) is 3.11. The van der Waals surface area contributed by atoms with Crippen LogP contribution in [-0.4, -0.2) is 46.5 Å². The van der Waals surface area contributed by atoms with E-state index in [4.69, 9.17) is 0 Å². The van der Waals surface area contributed by atoms with Crippen LogP contribution in [0.25, 0.3) is 0 Å². The Morgan fingerprint density at radius 1 is 0.970 bits per heavy atom. The van der Waals surface area contributed by atoms with Crippen molar-refractivity contribution in [2.45, 2.75) is 32.7 Å². The summed E-state index contributed by atoms with van der Waals surface area (Å²) in [6.07, 6.45) is 0.922. The van der Waals surface area contributed by atoms with Gasteiger partial charge >= 0.3 is 0 Å². The van der Waals surface area contributed by atoms with Crippen molar-refractivity contribution in [3.8, 4) is 0 Å². The fraction of sp³-hybridized carbons (Fsp3) is 0.304. The van der Waals surface area contributed by atoms with Crippen molar-refractivity contribution in [3.63, 3.8) is 0 Å². The predicted molar refractivity (Wildman–Crippen MR) is 112 cm³/mol. The molecule has 0 saturated carbocycles. The second-order valence-electron chi connectivity index (χ2n) is 7.57. The lowest BCUT2D eigenvalue weighted by Crippen LogP contribution is -2.38. The monoisotopic (exact) mass is 461 g/mol. The molecule has 0 aromatic heterocycles. The molecular weight excluding hydrogens is 439 g/mol. The van der Waals surface area contributed by atoms with Gasteiger partial charge in [-0.05, 0) is 36.2 Å². The molecule has 10 heteroatoms. The van der Waals surface area contributed by atoms with Gasteiger partial charge in [-0.3, -0.25) is 24.1 Å². The number of anilines is 1. The lowest BCUT2D eigenvalue weighted by Gasteiger charge is -2.22. The predicted octanol–water partition coefficient (Wildman–Crippen LogP) is 3.24. The molecule has 0 bridgehead atoms. The Morgan fingerprint density at radius 2 is 1.61 bits per heavy atom. The van der Waals surface area contributed by atoms with Crippen LogP contribution in [0, 0.1) is 17.5 Å². The summed E-state index contributed by atoms with van der Waals surface area (Å²) in [6, 6.07) is 7.87. The van der Waals surface area contributed by atoms with E-state index >= 15 is 0 Å². The summed E-state index contributed by atoms with van der Waals surface area (Å²) in [6.45, 7) is 1.72. The molecule has 2 aromatic rings. The maximum atomic E-state index is 13.8. The van der Waals surface area contributed by atoms with Crippen molar-refractivity contribution in [2.24, 2.45) is 0 Å². The highest BCUT2D eigenvalue weighted by Crippen LogP contribution is 2.20. The molecular formula is C23H22F3N3O4. The van der Waals surface area contributed by atoms with E-state index in [1.807, 2.05) is 0 Å². The maximum absolute atomic E-state index is 13.8. The Morgan fingerprint density at radius 3 is 2.21 bits per heavy atom. The first-order chi connectivity index (χ1) is 15.7. The third-order valence-electron chi connectivity index (χ3n) is 5.12. The summed E-state index contributed by atoms with van der Waals surface area (Å²) in [5.41, 5.74) is 0.417. The van der Waals surface area contributed by atoms with Crippen molar-refractivity contribution < 1.29 is 32.3 Å². The zero-order valence-electron chi connectivity index (χ0n) is 17.9. The molecule has 2 aromatic carbocycles. The van der Waals surface area contributed by atoms with Crippen LogP contribution in [0.1, 0.15) is 42.1 Å². The van der Waals surface area contributed by atoms with E-state index in [0.29, 0.717) is 18.1 Å². The number of halogens is 3. The first-order valence-electron chi connectivity index (χ1n) is 10.4. The van der Waals surface area contributed by atoms with Gasteiger partial charge in [0, 0.05) is 24.9 Å². The summed E-state index contributed by atoms with van der Waals surface area (Å²) in [5, 5.41) is 2.15. The van der Waals surface area contributed by atoms with E-state index in [9.17, 15) is 32.3 Å². The second-order valence-corrected chi connectivity index (χ2v) is 7.57. The molecule has 0 unspecified atom stereocenters. The van der Waals surface area contributed by atoms with Crippen LogP contribution in [0.3, 0.4) is 0 Å². The molecule has 174 valence electrons. The molecule has 1 N–H and O–H groups in total. The van der Waals surface area contributed by atoms with Crippen LogP contribution in [0.15, 0.2) is 36.4 Å². The van der Waals surface area contributed by atoms with Crippen molar-refractivity contribution in [1.82, 2.24) is 9.80 Å². The number of hydrogen-bond acceptors (Lipinski definition) is 4. The molecule has 1 heterocycles. The number of imide groups is 1. The van der Waals surface area contributed by atoms with Gasteiger partial charge in [0.1, 0.15) is 6.54 Å². The van der Waals surface area contributed by atoms with Gasteiger partial charge in [0.2, 0.25) is 17.7 Å². The summed E-state index contributed by atoms with van der Waals surface area (Å²) < 4.78 is 40.2. The Balaban J connectivity index is 1.66. The average molecular weight is 461 g/mol. The minimum absolute atomic E-state index is 0.118. The lowest BCUT2D eigenvalue weighted by molar-refractivity contribution is -0.139. The largest absolute Gasteiger partial charge is 0.329 e. The van der Waals surface area contributed by atoms with Gasteiger partial charge in [0.25, 0.3) is 5.91 Å². The van der Waals surface area contributed by atoms with E-state index < -0.39 is 41.5 Å².